The summed E-state index contributed by atoms with van der Waals surface area (Å²) in [5.41, 5.74) is -1.36. The summed E-state index contributed by atoms with van der Waals surface area (Å²) in [6, 6.07) is 1.40. The standard InChI is InChI=1S/C32H49N5O7S2/c1-3-4-5-6-10-15-24-20-32(24,30(40)41)35-29(39)26-16-11-18-37(26)27(38)21-33-31(42)34-25(23-13-8-7-9-14-23)22-36(2)46(43,44)28-17-12-19-45-28/h10,12,15,17,19,23-26H,3-9,11,13-14,16,18,20-22H2,1-2H3,(H,35,39)(H,40,41)(H2,33,34,42)/b15-10-/t24?,25?,26-,32+/m0/s1. The van der Waals surface area contributed by atoms with Gasteiger partial charge in [-0.15, -0.1) is 11.3 Å². The smallest absolute Gasteiger partial charge is 0.330 e. The number of carbonyl (C=O) groups is 4. The Balaban J connectivity index is 1.31. The van der Waals surface area contributed by atoms with Gasteiger partial charge in [-0.3, -0.25) is 9.59 Å². The molecule has 1 aromatic rings. The van der Waals surface area contributed by atoms with Gasteiger partial charge in [0.1, 0.15) is 15.8 Å². The fraction of sp³-hybridized carbons (Fsp3) is 0.688. The van der Waals surface area contributed by atoms with Crippen LogP contribution in [0.3, 0.4) is 0 Å². The Labute approximate surface area is 276 Å². The lowest BCUT2D eigenvalue weighted by Gasteiger charge is -2.33. The van der Waals surface area contributed by atoms with Crippen molar-refractivity contribution in [3.05, 3.63) is 29.7 Å². The molecule has 46 heavy (non-hydrogen) atoms. The third-order valence-electron chi connectivity index (χ3n) is 9.51. The van der Waals surface area contributed by atoms with Gasteiger partial charge in [-0.05, 0) is 62.3 Å². The van der Waals surface area contributed by atoms with Gasteiger partial charge < -0.3 is 26.0 Å². The first-order valence-electron chi connectivity index (χ1n) is 16.6. The summed E-state index contributed by atoms with van der Waals surface area (Å²) in [4.78, 5) is 53.0. The van der Waals surface area contributed by atoms with Crippen molar-refractivity contribution in [2.24, 2.45) is 11.8 Å². The van der Waals surface area contributed by atoms with E-state index in [1.165, 1.54) is 16.3 Å². The topological polar surface area (TPSA) is 165 Å². The fourth-order valence-electron chi connectivity index (χ4n) is 6.64. The number of hydrogen-bond donors (Lipinski definition) is 4. The number of likely N-dealkylation sites (tertiary alicyclic amines) is 1. The number of nitrogens with zero attached hydrogens (tertiary/aromatic N) is 2. The fourth-order valence-corrected chi connectivity index (χ4v) is 9.04. The molecule has 4 rings (SSSR count). The maximum atomic E-state index is 13.3. The number of urea groups is 1. The molecule has 1 saturated heterocycles. The minimum absolute atomic E-state index is 0.0981. The second-order valence-electron chi connectivity index (χ2n) is 12.8. The lowest BCUT2D eigenvalue weighted by atomic mass is 9.84. The zero-order chi connectivity index (χ0) is 33.3. The monoisotopic (exact) mass is 679 g/mol. The van der Waals surface area contributed by atoms with Crippen LogP contribution in [-0.2, 0) is 24.4 Å². The summed E-state index contributed by atoms with van der Waals surface area (Å²) in [7, 11) is -2.19. The van der Waals surface area contributed by atoms with Crippen LogP contribution >= 0.6 is 11.3 Å². The number of rotatable bonds is 16. The van der Waals surface area contributed by atoms with Crippen LogP contribution in [0.4, 0.5) is 4.79 Å². The van der Waals surface area contributed by atoms with Crippen LogP contribution in [0.15, 0.2) is 33.9 Å². The van der Waals surface area contributed by atoms with Crippen molar-refractivity contribution in [3.8, 4) is 0 Å². The molecule has 3 aliphatic rings. The predicted molar refractivity (Wildman–Crippen MR) is 176 cm³/mol. The summed E-state index contributed by atoms with van der Waals surface area (Å²) < 4.78 is 27.6. The molecule has 1 aromatic heterocycles. The molecule has 256 valence electrons. The van der Waals surface area contributed by atoms with E-state index in [0.29, 0.717) is 25.8 Å². The number of amides is 4. The number of nitrogens with one attached hydrogen (secondary N) is 3. The molecule has 0 bridgehead atoms. The van der Waals surface area contributed by atoms with Gasteiger partial charge in [0.2, 0.25) is 11.8 Å². The van der Waals surface area contributed by atoms with Crippen molar-refractivity contribution in [1.82, 2.24) is 25.2 Å². The highest BCUT2D eigenvalue weighted by molar-refractivity contribution is 7.91. The van der Waals surface area contributed by atoms with E-state index in [1.54, 1.807) is 17.5 Å². The molecule has 4 N–H and O–H groups in total. The van der Waals surface area contributed by atoms with Gasteiger partial charge in [0.15, 0.2) is 0 Å². The normalized spacial score (nSPS) is 24.2. The molecule has 0 aromatic carbocycles. The van der Waals surface area contributed by atoms with Crippen LogP contribution < -0.4 is 16.0 Å². The Bertz CT molecular complexity index is 1350. The molecule has 14 heteroatoms. The number of unbranched alkanes of at least 4 members (excludes halogenated alkanes) is 3. The predicted octanol–water partition coefficient (Wildman–Crippen LogP) is 3.70. The highest BCUT2D eigenvalue weighted by Gasteiger charge is 2.61. The molecular weight excluding hydrogens is 631 g/mol. The number of hydrogen-bond acceptors (Lipinski definition) is 7. The Hall–Kier alpha value is -2.97. The van der Waals surface area contributed by atoms with Gasteiger partial charge in [0, 0.05) is 32.1 Å². The van der Waals surface area contributed by atoms with Crippen molar-refractivity contribution in [2.45, 2.75) is 106 Å². The molecule has 2 heterocycles. The van der Waals surface area contributed by atoms with Crippen LogP contribution in [0.25, 0.3) is 0 Å². The number of thiophene rings is 1. The van der Waals surface area contributed by atoms with Crippen molar-refractivity contribution in [1.29, 1.82) is 0 Å². The van der Waals surface area contributed by atoms with Crippen molar-refractivity contribution >= 4 is 45.2 Å². The maximum absolute atomic E-state index is 13.3. The highest BCUT2D eigenvalue weighted by atomic mass is 32.2. The Morgan fingerprint density at radius 1 is 1.15 bits per heavy atom. The van der Waals surface area contributed by atoms with Gasteiger partial charge in [0.25, 0.3) is 10.0 Å². The van der Waals surface area contributed by atoms with Crippen LogP contribution in [0, 0.1) is 11.8 Å². The Morgan fingerprint density at radius 3 is 2.59 bits per heavy atom. The molecule has 0 spiro atoms. The van der Waals surface area contributed by atoms with Gasteiger partial charge >= 0.3 is 12.0 Å². The lowest BCUT2D eigenvalue weighted by molar-refractivity contribution is -0.145. The largest absolute Gasteiger partial charge is 0.479 e. The zero-order valence-corrected chi connectivity index (χ0v) is 28.5. The number of aliphatic carboxylic acids is 1. The number of likely N-dealkylation sites (N-methyl/N-ethyl adjacent to an activating group) is 1. The summed E-state index contributed by atoms with van der Waals surface area (Å²) in [6.07, 6.45) is 14.1. The summed E-state index contributed by atoms with van der Waals surface area (Å²) in [5.74, 6) is -2.21. The van der Waals surface area contributed by atoms with Gasteiger partial charge in [-0.25, -0.2) is 18.0 Å². The van der Waals surface area contributed by atoms with Gasteiger partial charge in [-0.1, -0.05) is 57.2 Å². The highest BCUT2D eigenvalue weighted by Crippen LogP contribution is 2.45. The van der Waals surface area contributed by atoms with Crippen LogP contribution in [0.1, 0.15) is 84.0 Å². The Kier molecular flexibility index (Phi) is 12.7. The number of allylic oxidation sites excluding steroid dienone is 1. The minimum atomic E-state index is -3.70. The van der Waals surface area contributed by atoms with E-state index in [4.69, 9.17) is 0 Å². The molecule has 1 aliphatic heterocycles. The second kappa shape index (κ2) is 16.2. The van der Waals surface area contributed by atoms with Crippen LogP contribution in [0.2, 0.25) is 0 Å². The first kappa shape index (κ1) is 35.9. The van der Waals surface area contributed by atoms with E-state index in [0.717, 1.165) is 69.1 Å². The number of sulfonamides is 1. The van der Waals surface area contributed by atoms with Crippen molar-refractivity contribution in [2.75, 3.05) is 26.7 Å². The maximum Gasteiger partial charge on any atom is 0.330 e. The molecule has 12 nitrogen and oxygen atoms in total. The lowest BCUT2D eigenvalue weighted by Crippen LogP contribution is -2.55. The SMILES string of the molecule is CCCCC/C=C\C1C[C@]1(NC(=O)[C@@H]1CCCN1C(=O)CNC(=O)NC(CN(C)S(=O)(=O)c1cccs1)C1CCCCC1)C(=O)O. The average Bonchev–Trinajstić information content (AvgIpc) is 3.41. The summed E-state index contributed by atoms with van der Waals surface area (Å²) in [6.45, 7) is 2.21. The third-order valence-corrected chi connectivity index (χ3v) is 12.7. The molecule has 0 radical (unpaired) electrons. The van der Waals surface area contributed by atoms with Crippen LogP contribution in [0.5, 0.6) is 0 Å². The minimum Gasteiger partial charge on any atom is -0.479 e. The Morgan fingerprint density at radius 2 is 1.91 bits per heavy atom. The van der Waals surface area contributed by atoms with E-state index in [9.17, 15) is 32.7 Å². The van der Waals surface area contributed by atoms with Gasteiger partial charge in [0.05, 0.1) is 6.54 Å². The second-order valence-corrected chi connectivity index (χ2v) is 16.0. The first-order valence-corrected chi connectivity index (χ1v) is 18.9. The molecule has 4 atom stereocenters. The van der Waals surface area contributed by atoms with Crippen molar-refractivity contribution in [3.63, 3.8) is 0 Å². The molecular formula is C32H49N5O7S2. The van der Waals surface area contributed by atoms with E-state index >= 15 is 0 Å². The molecule has 2 unspecified atom stereocenters. The van der Waals surface area contributed by atoms with E-state index in [2.05, 4.69) is 22.9 Å². The van der Waals surface area contributed by atoms with E-state index in [1.807, 2.05) is 12.2 Å². The van der Waals surface area contributed by atoms with E-state index in [-0.39, 0.29) is 29.1 Å². The van der Waals surface area contributed by atoms with Crippen molar-refractivity contribution < 1.29 is 32.7 Å². The number of carbonyl (C=O) groups excluding carboxylic acids is 3. The summed E-state index contributed by atoms with van der Waals surface area (Å²) >= 11 is 1.14. The van der Waals surface area contributed by atoms with Gasteiger partial charge in [-0.2, -0.15) is 4.31 Å². The van der Waals surface area contributed by atoms with E-state index < -0.39 is 51.5 Å². The molecule has 3 fully saturated rings. The first-order chi connectivity index (χ1) is 22.0. The molecule has 2 saturated carbocycles. The third kappa shape index (κ3) is 8.88. The summed E-state index contributed by atoms with van der Waals surface area (Å²) in [5, 5.41) is 19.9. The van der Waals surface area contributed by atoms with Crippen LogP contribution in [-0.4, -0.2) is 90.8 Å². The molecule has 2 aliphatic carbocycles. The zero-order valence-electron chi connectivity index (χ0n) is 26.9. The number of carboxylic acids is 1. The number of carboxylic acid groups (broad SMARTS) is 1. The quantitative estimate of drug-likeness (QED) is 0.153. The molecule has 4 amide bonds. The average molecular weight is 680 g/mol.